The molecule has 2 N–H and O–H groups in total. The van der Waals surface area contributed by atoms with Crippen LogP contribution in [0.25, 0.3) is 0 Å². The van der Waals surface area contributed by atoms with E-state index >= 15 is 0 Å². The number of piperazine rings is 1. The molecule has 5 heteroatoms. The van der Waals surface area contributed by atoms with Crippen molar-refractivity contribution in [2.45, 2.75) is 44.7 Å². The molecule has 19 heavy (non-hydrogen) atoms. The lowest BCUT2D eigenvalue weighted by atomic mass is 10.2. The van der Waals surface area contributed by atoms with Crippen LogP contribution in [0.4, 0.5) is 0 Å². The molecule has 0 bridgehead atoms. The molecule has 2 aliphatic rings. The average Bonchev–Trinajstić information content (AvgIpc) is 3.20. The van der Waals surface area contributed by atoms with Gasteiger partial charge in [0, 0.05) is 38.8 Å². The van der Waals surface area contributed by atoms with Crippen LogP contribution < -0.4 is 5.32 Å². The van der Waals surface area contributed by atoms with Gasteiger partial charge in [0.15, 0.2) is 0 Å². The second-order valence-corrected chi connectivity index (χ2v) is 5.80. The van der Waals surface area contributed by atoms with Gasteiger partial charge in [0.2, 0.25) is 0 Å². The minimum absolute atomic E-state index is 0.360. The highest BCUT2D eigenvalue weighted by Crippen LogP contribution is 2.20. The molecule has 0 aromatic rings. The molecule has 0 radical (unpaired) electrons. The van der Waals surface area contributed by atoms with Crippen molar-refractivity contribution in [2.75, 3.05) is 39.3 Å². The number of rotatable bonds is 8. The Morgan fingerprint density at radius 3 is 2.26 bits per heavy atom. The number of carboxylic acid groups (broad SMARTS) is 1. The molecule has 0 spiro atoms. The van der Waals surface area contributed by atoms with Crippen molar-refractivity contribution in [1.29, 1.82) is 0 Å². The number of hydrogen-bond donors (Lipinski definition) is 2. The van der Waals surface area contributed by atoms with Crippen LogP contribution >= 0.6 is 0 Å². The second-order valence-electron chi connectivity index (χ2n) is 5.80. The maximum atomic E-state index is 11.2. The molecule has 1 aliphatic heterocycles. The topological polar surface area (TPSA) is 55.8 Å². The van der Waals surface area contributed by atoms with Gasteiger partial charge in [-0.1, -0.05) is 6.92 Å². The van der Waals surface area contributed by atoms with Gasteiger partial charge < -0.3 is 20.2 Å². The zero-order valence-corrected chi connectivity index (χ0v) is 12.0. The van der Waals surface area contributed by atoms with E-state index < -0.39 is 5.97 Å². The summed E-state index contributed by atoms with van der Waals surface area (Å²) < 4.78 is 0. The van der Waals surface area contributed by atoms with E-state index in [1.165, 1.54) is 13.0 Å². The fourth-order valence-electron chi connectivity index (χ4n) is 2.68. The van der Waals surface area contributed by atoms with E-state index in [1.807, 2.05) is 0 Å². The van der Waals surface area contributed by atoms with Crippen LogP contribution in [-0.2, 0) is 4.79 Å². The van der Waals surface area contributed by atoms with Gasteiger partial charge in [-0.15, -0.1) is 0 Å². The Morgan fingerprint density at radius 1 is 1.21 bits per heavy atom. The zero-order chi connectivity index (χ0) is 13.7. The minimum atomic E-state index is -0.698. The van der Waals surface area contributed by atoms with Gasteiger partial charge in [0.05, 0.1) is 0 Å². The van der Waals surface area contributed by atoms with E-state index in [9.17, 15) is 9.90 Å². The molecule has 1 atom stereocenters. The van der Waals surface area contributed by atoms with Crippen molar-refractivity contribution in [2.24, 2.45) is 0 Å². The zero-order valence-electron chi connectivity index (χ0n) is 12.0. The fourth-order valence-corrected chi connectivity index (χ4v) is 2.68. The SMILES string of the molecule is CCCN1CCN(CCC(NC2CC2)C(=O)O)CC1. The normalized spacial score (nSPS) is 23.4. The van der Waals surface area contributed by atoms with Crippen molar-refractivity contribution < 1.29 is 9.90 Å². The van der Waals surface area contributed by atoms with Gasteiger partial charge in [-0.3, -0.25) is 4.79 Å². The van der Waals surface area contributed by atoms with E-state index in [1.54, 1.807) is 0 Å². The Hall–Kier alpha value is -0.650. The summed E-state index contributed by atoms with van der Waals surface area (Å²) in [5.74, 6) is -0.698. The van der Waals surface area contributed by atoms with Crippen LogP contribution in [0.5, 0.6) is 0 Å². The highest BCUT2D eigenvalue weighted by atomic mass is 16.4. The van der Waals surface area contributed by atoms with Gasteiger partial charge in [-0.25, -0.2) is 0 Å². The predicted molar refractivity (Wildman–Crippen MR) is 75.4 cm³/mol. The first-order chi connectivity index (χ1) is 9.19. The molecule has 1 unspecified atom stereocenters. The van der Waals surface area contributed by atoms with E-state index in [-0.39, 0.29) is 6.04 Å². The number of carbonyl (C=O) groups is 1. The molecule has 1 aliphatic carbocycles. The summed E-state index contributed by atoms with van der Waals surface area (Å²) in [5, 5.41) is 12.4. The summed E-state index contributed by atoms with van der Waals surface area (Å²) in [7, 11) is 0. The molecule has 1 heterocycles. The number of nitrogens with zero attached hydrogens (tertiary/aromatic N) is 2. The molecule has 2 fully saturated rings. The molecule has 1 saturated carbocycles. The second kappa shape index (κ2) is 7.22. The minimum Gasteiger partial charge on any atom is -0.480 e. The van der Waals surface area contributed by atoms with Crippen molar-refractivity contribution in [3.63, 3.8) is 0 Å². The number of carboxylic acids is 1. The molecule has 0 aromatic carbocycles. The molecule has 0 aromatic heterocycles. The lowest BCUT2D eigenvalue weighted by Crippen LogP contribution is -2.48. The van der Waals surface area contributed by atoms with Crippen LogP contribution in [0.3, 0.4) is 0 Å². The largest absolute Gasteiger partial charge is 0.480 e. The highest BCUT2D eigenvalue weighted by molar-refractivity contribution is 5.73. The van der Waals surface area contributed by atoms with E-state index in [4.69, 9.17) is 0 Å². The van der Waals surface area contributed by atoms with Gasteiger partial charge >= 0.3 is 5.97 Å². The smallest absolute Gasteiger partial charge is 0.320 e. The Labute approximate surface area is 115 Å². The summed E-state index contributed by atoms with van der Waals surface area (Å²) in [6.45, 7) is 8.72. The molecule has 110 valence electrons. The standard InChI is InChI=1S/C14H27N3O2/c1-2-6-16-8-10-17(11-9-16)7-5-13(14(18)19)15-12-3-4-12/h12-13,15H,2-11H2,1H3,(H,18,19). The van der Waals surface area contributed by atoms with Crippen molar-refractivity contribution in [3.05, 3.63) is 0 Å². The third-order valence-corrected chi connectivity index (χ3v) is 4.05. The summed E-state index contributed by atoms with van der Waals surface area (Å²) in [6.07, 6.45) is 4.21. The maximum absolute atomic E-state index is 11.2. The van der Waals surface area contributed by atoms with Crippen molar-refractivity contribution in [1.82, 2.24) is 15.1 Å². The summed E-state index contributed by atoms with van der Waals surface area (Å²) >= 11 is 0. The summed E-state index contributed by atoms with van der Waals surface area (Å²) in [5.41, 5.74) is 0. The van der Waals surface area contributed by atoms with E-state index in [0.717, 1.165) is 52.0 Å². The van der Waals surface area contributed by atoms with Gasteiger partial charge in [-0.05, 0) is 32.2 Å². The van der Waals surface area contributed by atoms with Crippen LogP contribution in [0.2, 0.25) is 0 Å². The third kappa shape index (κ3) is 5.09. The van der Waals surface area contributed by atoms with Gasteiger partial charge in [0.25, 0.3) is 0 Å². The summed E-state index contributed by atoms with van der Waals surface area (Å²) in [6, 6.07) is 0.101. The highest BCUT2D eigenvalue weighted by Gasteiger charge is 2.28. The van der Waals surface area contributed by atoms with Crippen molar-refractivity contribution >= 4 is 5.97 Å². The summed E-state index contributed by atoms with van der Waals surface area (Å²) in [4.78, 5) is 16.1. The number of nitrogens with one attached hydrogen (secondary N) is 1. The van der Waals surface area contributed by atoms with E-state index in [0.29, 0.717) is 6.04 Å². The lowest BCUT2D eigenvalue weighted by molar-refractivity contribution is -0.139. The lowest BCUT2D eigenvalue weighted by Gasteiger charge is -2.35. The van der Waals surface area contributed by atoms with Crippen LogP contribution in [-0.4, -0.2) is 72.2 Å². The first-order valence-electron chi connectivity index (χ1n) is 7.62. The Kier molecular flexibility index (Phi) is 5.60. The first-order valence-corrected chi connectivity index (χ1v) is 7.62. The monoisotopic (exact) mass is 269 g/mol. The molecule has 5 nitrogen and oxygen atoms in total. The van der Waals surface area contributed by atoms with Gasteiger partial charge in [0.1, 0.15) is 6.04 Å². The fraction of sp³-hybridized carbons (Fsp3) is 0.929. The molecule has 2 rings (SSSR count). The predicted octanol–water partition coefficient (Wildman–Crippen LogP) is 0.609. The van der Waals surface area contributed by atoms with Crippen LogP contribution in [0.15, 0.2) is 0 Å². The average molecular weight is 269 g/mol. The van der Waals surface area contributed by atoms with Crippen LogP contribution in [0, 0.1) is 0 Å². The van der Waals surface area contributed by atoms with Crippen molar-refractivity contribution in [3.8, 4) is 0 Å². The number of aliphatic carboxylic acids is 1. The molecular formula is C14H27N3O2. The Balaban J connectivity index is 1.65. The Morgan fingerprint density at radius 2 is 1.79 bits per heavy atom. The van der Waals surface area contributed by atoms with Gasteiger partial charge in [-0.2, -0.15) is 0 Å². The quantitative estimate of drug-likeness (QED) is 0.676. The van der Waals surface area contributed by atoms with Crippen LogP contribution in [0.1, 0.15) is 32.6 Å². The first kappa shape index (κ1) is 14.8. The third-order valence-electron chi connectivity index (χ3n) is 4.05. The number of hydrogen-bond acceptors (Lipinski definition) is 4. The molecule has 0 amide bonds. The Bertz CT molecular complexity index is 286. The van der Waals surface area contributed by atoms with E-state index in [2.05, 4.69) is 22.0 Å². The molecule has 1 saturated heterocycles. The molecular weight excluding hydrogens is 242 g/mol. The maximum Gasteiger partial charge on any atom is 0.320 e.